The van der Waals surface area contributed by atoms with Crippen LogP contribution in [0.3, 0.4) is 0 Å². The molecule has 16 heavy (non-hydrogen) atoms. The van der Waals surface area contributed by atoms with Crippen molar-refractivity contribution < 1.29 is 19.1 Å². The molecule has 0 saturated heterocycles. The average Bonchev–Trinajstić information content (AvgIpc) is 2.30. The summed E-state index contributed by atoms with van der Waals surface area (Å²) in [7, 11) is 1.26. The molecule has 0 saturated carbocycles. The molecule has 92 valence electrons. The SMILES string of the molecule is COC(=O)CCC(=O)CNC(=O)CCCCl. The molecule has 0 aromatic carbocycles. The predicted molar refractivity (Wildman–Crippen MR) is 59.2 cm³/mol. The van der Waals surface area contributed by atoms with Gasteiger partial charge in [-0.25, -0.2) is 0 Å². The number of carbonyl (C=O) groups is 3. The van der Waals surface area contributed by atoms with Crippen molar-refractivity contribution in [3.63, 3.8) is 0 Å². The van der Waals surface area contributed by atoms with Gasteiger partial charge in [0.1, 0.15) is 0 Å². The molecule has 1 N–H and O–H groups in total. The molecule has 0 aromatic rings. The molecule has 0 heterocycles. The Morgan fingerprint density at radius 1 is 1.19 bits per heavy atom. The van der Waals surface area contributed by atoms with Gasteiger partial charge in [-0.05, 0) is 6.42 Å². The van der Waals surface area contributed by atoms with Crippen molar-refractivity contribution in [2.24, 2.45) is 0 Å². The lowest BCUT2D eigenvalue weighted by molar-refractivity contribution is -0.141. The first-order valence-corrected chi connectivity index (χ1v) is 5.54. The second-order valence-electron chi connectivity index (χ2n) is 3.18. The van der Waals surface area contributed by atoms with Crippen LogP contribution in [-0.4, -0.2) is 37.2 Å². The number of halogens is 1. The van der Waals surface area contributed by atoms with Crippen molar-refractivity contribution in [2.75, 3.05) is 19.5 Å². The van der Waals surface area contributed by atoms with E-state index in [-0.39, 0.29) is 31.1 Å². The molecule has 0 atom stereocenters. The van der Waals surface area contributed by atoms with E-state index in [0.717, 1.165) is 0 Å². The smallest absolute Gasteiger partial charge is 0.305 e. The van der Waals surface area contributed by atoms with E-state index in [1.165, 1.54) is 7.11 Å². The number of amides is 1. The number of ketones is 1. The van der Waals surface area contributed by atoms with Crippen LogP contribution >= 0.6 is 11.6 Å². The van der Waals surface area contributed by atoms with E-state index in [0.29, 0.717) is 18.7 Å². The first-order valence-electron chi connectivity index (χ1n) is 5.01. The zero-order chi connectivity index (χ0) is 12.4. The zero-order valence-electron chi connectivity index (χ0n) is 9.25. The van der Waals surface area contributed by atoms with Crippen LogP contribution in [0, 0.1) is 0 Å². The minimum absolute atomic E-state index is 0.0435. The lowest BCUT2D eigenvalue weighted by Crippen LogP contribution is -2.29. The molecule has 0 aliphatic rings. The van der Waals surface area contributed by atoms with Crippen molar-refractivity contribution in [3.8, 4) is 0 Å². The van der Waals surface area contributed by atoms with Crippen LogP contribution in [-0.2, 0) is 19.1 Å². The number of methoxy groups -OCH3 is 1. The van der Waals surface area contributed by atoms with E-state index in [4.69, 9.17) is 11.6 Å². The summed E-state index contributed by atoms with van der Waals surface area (Å²) < 4.78 is 4.39. The van der Waals surface area contributed by atoms with Crippen LogP contribution in [0.25, 0.3) is 0 Å². The fourth-order valence-corrected chi connectivity index (χ4v) is 1.08. The maximum atomic E-state index is 11.2. The summed E-state index contributed by atoms with van der Waals surface area (Å²) in [5.74, 6) is -0.400. The fourth-order valence-electron chi connectivity index (χ4n) is 0.945. The lowest BCUT2D eigenvalue weighted by atomic mass is 10.2. The maximum absolute atomic E-state index is 11.2. The third-order valence-electron chi connectivity index (χ3n) is 1.86. The first-order chi connectivity index (χ1) is 7.60. The molecule has 0 spiro atoms. The van der Waals surface area contributed by atoms with Gasteiger partial charge < -0.3 is 10.1 Å². The zero-order valence-corrected chi connectivity index (χ0v) is 10.0. The van der Waals surface area contributed by atoms with Crippen molar-refractivity contribution in [1.29, 1.82) is 0 Å². The van der Waals surface area contributed by atoms with Crippen LogP contribution in [0.4, 0.5) is 0 Å². The topological polar surface area (TPSA) is 72.5 Å². The molecule has 0 rings (SSSR count). The molecule has 6 heteroatoms. The standard InChI is InChI=1S/C10H16ClNO4/c1-16-10(15)5-4-8(13)7-12-9(14)3-2-6-11/h2-7H2,1H3,(H,12,14). The minimum Gasteiger partial charge on any atom is -0.469 e. The molecule has 0 aliphatic carbocycles. The summed E-state index contributed by atoms with van der Waals surface area (Å²) in [6.07, 6.45) is 1.03. The Hall–Kier alpha value is -1.10. The van der Waals surface area contributed by atoms with Gasteiger partial charge >= 0.3 is 5.97 Å². The summed E-state index contributed by atoms with van der Waals surface area (Å²) in [6.45, 7) is -0.0435. The fraction of sp³-hybridized carbons (Fsp3) is 0.700. The van der Waals surface area contributed by atoms with Crippen LogP contribution < -0.4 is 5.32 Å². The minimum atomic E-state index is -0.429. The number of esters is 1. The van der Waals surface area contributed by atoms with Crippen molar-refractivity contribution in [1.82, 2.24) is 5.32 Å². The number of carbonyl (C=O) groups excluding carboxylic acids is 3. The molecule has 0 aromatic heterocycles. The molecule has 0 unspecified atom stereocenters. The Morgan fingerprint density at radius 2 is 1.88 bits per heavy atom. The monoisotopic (exact) mass is 249 g/mol. The van der Waals surface area contributed by atoms with E-state index in [9.17, 15) is 14.4 Å². The van der Waals surface area contributed by atoms with E-state index < -0.39 is 5.97 Å². The van der Waals surface area contributed by atoms with E-state index in [1.54, 1.807) is 0 Å². The Balaban J connectivity index is 3.57. The number of Topliss-reactive ketones (excluding diaryl/α,β-unsaturated/α-hetero) is 1. The number of ether oxygens (including phenoxy) is 1. The van der Waals surface area contributed by atoms with E-state index >= 15 is 0 Å². The van der Waals surface area contributed by atoms with Gasteiger partial charge in [0.05, 0.1) is 20.1 Å². The number of nitrogens with one attached hydrogen (secondary N) is 1. The highest BCUT2D eigenvalue weighted by Crippen LogP contribution is 1.94. The second kappa shape index (κ2) is 9.15. The number of hydrogen-bond acceptors (Lipinski definition) is 4. The van der Waals surface area contributed by atoms with Crippen LogP contribution in [0.1, 0.15) is 25.7 Å². The molecular formula is C10H16ClNO4. The van der Waals surface area contributed by atoms with Crippen LogP contribution in [0.15, 0.2) is 0 Å². The summed E-state index contributed by atoms with van der Waals surface area (Å²) in [4.78, 5) is 33.0. The average molecular weight is 250 g/mol. The maximum Gasteiger partial charge on any atom is 0.305 e. The molecule has 5 nitrogen and oxygen atoms in total. The van der Waals surface area contributed by atoms with Gasteiger partial charge in [-0.2, -0.15) is 0 Å². The highest BCUT2D eigenvalue weighted by Gasteiger charge is 2.08. The quantitative estimate of drug-likeness (QED) is 0.506. The highest BCUT2D eigenvalue weighted by molar-refractivity contribution is 6.17. The molecule has 0 bridgehead atoms. The first kappa shape index (κ1) is 14.9. The Morgan fingerprint density at radius 3 is 2.44 bits per heavy atom. The van der Waals surface area contributed by atoms with Gasteiger partial charge in [0.15, 0.2) is 5.78 Å². The van der Waals surface area contributed by atoms with Crippen molar-refractivity contribution in [2.45, 2.75) is 25.7 Å². The Labute approximate surface area is 99.5 Å². The van der Waals surface area contributed by atoms with Gasteiger partial charge in [-0.1, -0.05) is 0 Å². The molecule has 0 fully saturated rings. The van der Waals surface area contributed by atoms with E-state index in [2.05, 4.69) is 10.1 Å². The van der Waals surface area contributed by atoms with Gasteiger partial charge in [0.25, 0.3) is 0 Å². The van der Waals surface area contributed by atoms with Gasteiger partial charge in [-0.3, -0.25) is 14.4 Å². The van der Waals surface area contributed by atoms with Crippen molar-refractivity contribution in [3.05, 3.63) is 0 Å². The normalized spacial score (nSPS) is 9.62. The molecule has 0 radical (unpaired) electrons. The highest BCUT2D eigenvalue weighted by atomic mass is 35.5. The number of rotatable bonds is 8. The summed E-state index contributed by atoms with van der Waals surface area (Å²) in [5, 5.41) is 2.46. The number of hydrogen-bond donors (Lipinski definition) is 1. The summed E-state index contributed by atoms with van der Waals surface area (Å²) in [6, 6.07) is 0. The molecule has 1 amide bonds. The molecular weight excluding hydrogens is 234 g/mol. The van der Waals surface area contributed by atoms with Crippen LogP contribution in [0.5, 0.6) is 0 Å². The largest absolute Gasteiger partial charge is 0.469 e. The third-order valence-corrected chi connectivity index (χ3v) is 2.12. The van der Waals surface area contributed by atoms with Crippen molar-refractivity contribution >= 4 is 29.3 Å². The lowest BCUT2D eigenvalue weighted by Gasteiger charge is -2.03. The Bertz CT molecular complexity index is 255. The predicted octanol–water partition coefficient (Wildman–Crippen LogP) is 0.644. The third kappa shape index (κ3) is 8.23. The second-order valence-corrected chi connectivity index (χ2v) is 3.56. The summed E-state index contributed by atoms with van der Waals surface area (Å²) >= 11 is 5.41. The number of alkyl halides is 1. The van der Waals surface area contributed by atoms with Gasteiger partial charge in [0, 0.05) is 18.7 Å². The molecule has 0 aliphatic heterocycles. The van der Waals surface area contributed by atoms with Crippen LogP contribution in [0.2, 0.25) is 0 Å². The Kier molecular flexibility index (Phi) is 8.52. The summed E-state index contributed by atoms with van der Waals surface area (Å²) in [5.41, 5.74) is 0. The van der Waals surface area contributed by atoms with Gasteiger partial charge in [0.2, 0.25) is 5.91 Å². The van der Waals surface area contributed by atoms with Gasteiger partial charge in [-0.15, -0.1) is 11.6 Å². The van der Waals surface area contributed by atoms with E-state index in [1.807, 2.05) is 0 Å².